The number of amides is 1. The Morgan fingerprint density at radius 1 is 0.905 bits per heavy atom. The van der Waals surface area contributed by atoms with Crippen LogP contribution in [0.2, 0.25) is 0 Å². The second-order valence-electron chi connectivity index (χ2n) is 10.0. The van der Waals surface area contributed by atoms with E-state index in [1.165, 1.54) is 35.7 Å². The Kier molecular flexibility index (Phi) is 10.8. The molecule has 4 rings (SSSR count). The molecule has 1 aliphatic heterocycles. The predicted octanol–water partition coefficient (Wildman–Crippen LogP) is 3.36. The van der Waals surface area contributed by atoms with Crippen LogP contribution < -0.4 is 9.64 Å². The summed E-state index contributed by atoms with van der Waals surface area (Å²) >= 11 is 0. The van der Waals surface area contributed by atoms with Gasteiger partial charge in [0, 0.05) is 44.8 Å². The van der Waals surface area contributed by atoms with E-state index >= 15 is 0 Å². The van der Waals surface area contributed by atoms with Gasteiger partial charge in [0.05, 0.1) is 24.2 Å². The smallest absolute Gasteiger partial charge is 0.243 e. The first-order valence-electron chi connectivity index (χ1n) is 14.2. The van der Waals surface area contributed by atoms with Gasteiger partial charge in [0.1, 0.15) is 11.6 Å². The van der Waals surface area contributed by atoms with Gasteiger partial charge in [-0.2, -0.15) is 4.31 Å². The summed E-state index contributed by atoms with van der Waals surface area (Å²) in [6, 6.07) is 16.1. The Balaban J connectivity index is 1.43. The van der Waals surface area contributed by atoms with Crippen molar-refractivity contribution in [3.05, 3.63) is 66.5 Å². The molecule has 3 aromatic rings. The van der Waals surface area contributed by atoms with E-state index in [2.05, 4.69) is 20.0 Å². The molecule has 1 aliphatic rings. The molecule has 0 unspecified atom stereocenters. The maximum Gasteiger partial charge on any atom is 0.243 e. The number of hydrogen-bond donors (Lipinski definition) is 0. The zero-order valence-electron chi connectivity index (χ0n) is 24.4. The SMILES string of the molecule is CCN(CC)CCN(CC(=O)N1CCCN(c2ccc(-c3ccc(F)cc3)nn2)CC1)S(=O)(=O)c1ccc(OC)cc1. The zero-order chi connectivity index (χ0) is 30.1. The number of nitrogens with zero attached hydrogens (tertiary/aromatic N) is 6. The van der Waals surface area contributed by atoms with E-state index < -0.39 is 10.0 Å². The Labute approximate surface area is 247 Å². The largest absolute Gasteiger partial charge is 0.497 e. The lowest BCUT2D eigenvalue weighted by molar-refractivity contribution is -0.131. The summed E-state index contributed by atoms with van der Waals surface area (Å²) in [5.74, 6) is 0.713. The predicted molar refractivity (Wildman–Crippen MR) is 160 cm³/mol. The number of anilines is 1. The lowest BCUT2D eigenvalue weighted by Gasteiger charge is -2.28. The van der Waals surface area contributed by atoms with Gasteiger partial charge in [0.25, 0.3) is 0 Å². The number of halogens is 1. The molecule has 0 spiro atoms. The average molecular weight is 599 g/mol. The Morgan fingerprint density at radius 3 is 2.24 bits per heavy atom. The number of methoxy groups -OCH3 is 1. The molecule has 10 nitrogen and oxygen atoms in total. The Morgan fingerprint density at radius 2 is 1.62 bits per heavy atom. The number of sulfonamides is 1. The van der Waals surface area contributed by atoms with E-state index in [-0.39, 0.29) is 29.7 Å². The van der Waals surface area contributed by atoms with Crippen LogP contribution in [-0.4, -0.2) is 105 Å². The number of aromatic nitrogens is 2. The molecule has 2 heterocycles. The molecule has 1 fully saturated rings. The van der Waals surface area contributed by atoms with Crippen LogP contribution in [0.5, 0.6) is 5.75 Å². The van der Waals surface area contributed by atoms with Crippen LogP contribution in [0.3, 0.4) is 0 Å². The fourth-order valence-electron chi connectivity index (χ4n) is 4.89. The number of ether oxygens (including phenoxy) is 1. The van der Waals surface area contributed by atoms with E-state index in [1.54, 1.807) is 29.2 Å². The topological polar surface area (TPSA) is 99.2 Å². The first-order valence-corrected chi connectivity index (χ1v) is 15.7. The molecule has 0 radical (unpaired) electrons. The highest BCUT2D eigenvalue weighted by molar-refractivity contribution is 7.89. The second-order valence-corrected chi connectivity index (χ2v) is 12.0. The monoisotopic (exact) mass is 598 g/mol. The molecule has 0 saturated carbocycles. The van der Waals surface area contributed by atoms with Gasteiger partial charge in [-0.15, -0.1) is 10.2 Å². The molecular weight excluding hydrogens is 559 g/mol. The standard InChI is InChI=1S/C30H39FN6O4S/c1-4-34(5-2)19-22-37(42(39,40)27-13-11-26(41-3)12-14-27)23-30(38)36-18-6-17-35(20-21-36)29-16-15-28(32-33-29)24-7-9-25(31)10-8-24/h7-16H,4-6,17-23H2,1-3H3. The van der Waals surface area contributed by atoms with Crippen molar-refractivity contribution < 1.29 is 22.3 Å². The first kappa shape index (κ1) is 31.3. The van der Waals surface area contributed by atoms with Gasteiger partial charge in [-0.05, 0) is 80.2 Å². The molecule has 0 aliphatic carbocycles. The summed E-state index contributed by atoms with van der Waals surface area (Å²) in [6.07, 6.45) is 0.706. The van der Waals surface area contributed by atoms with Crippen molar-refractivity contribution in [3.8, 4) is 17.0 Å². The van der Waals surface area contributed by atoms with Crippen LogP contribution in [0, 0.1) is 5.82 Å². The number of benzene rings is 2. The fraction of sp³-hybridized carbons (Fsp3) is 0.433. The number of likely N-dealkylation sites (N-methyl/N-ethyl adjacent to an activating group) is 1. The third-order valence-electron chi connectivity index (χ3n) is 7.53. The zero-order valence-corrected chi connectivity index (χ0v) is 25.3. The third-order valence-corrected chi connectivity index (χ3v) is 9.39. The molecule has 12 heteroatoms. The lowest BCUT2D eigenvalue weighted by atomic mass is 10.1. The molecule has 1 aromatic heterocycles. The molecule has 226 valence electrons. The van der Waals surface area contributed by atoms with Gasteiger partial charge in [0.2, 0.25) is 15.9 Å². The van der Waals surface area contributed by atoms with E-state index in [0.29, 0.717) is 56.4 Å². The second kappa shape index (κ2) is 14.5. The van der Waals surface area contributed by atoms with Gasteiger partial charge in [-0.3, -0.25) is 4.79 Å². The van der Waals surface area contributed by atoms with E-state index in [1.807, 2.05) is 26.0 Å². The van der Waals surface area contributed by atoms with Crippen LogP contribution in [0.1, 0.15) is 20.3 Å². The minimum Gasteiger partial charge on any atom is -0.497 e. The summed E-state index contributed by atoms with van der Waals surface area (Å²) < 4.78 is 47.0. The quantitative estimate of drug-likeness (QED) is 0.313. The van der Waals surface area contributed by atoms with E-state index in [0.717, 1.165) is 18.7 Å². The van der Waals surface area contributed by atoms with Crippen molar-refractivity contribution in [2.24, 2.45) is 0 Å². The van der Waals surface area contributed by atoms with Gasteiger partial charge >= 0.3 is 0 Å². The van der Waals surface area contributed by atoms with Gasteiger partial charge < -0.3 is 19.4 Å². The number of rotatable bonds is 12. The molecule has 2 aromatic carbocycles. The van der Waals surface area contributed by atoms with Crippen molar-refractivity contribution in [1.29, 1.82) is 0 Å². The minimum atomic E-state index is -3.91. The van der Waals surface area contributed by atoms with E-state index in [4.69, 9.17) is 4.74 Å². The normalized spacial score (nSPS) is 14.3. The third kappa shape index (κ3) is 7.81. The van der Waals surface area contributed by atoms with Gasteiger partial charge in [-0.25, -0.2) is 12.8 Å². The number of carbonyl (C=O) groups is 1. The molecule has 1 saturated heterocycles. The molecule has 42 heavy (non-hydrogen) atoms. The van der Waals surface area contributed by atoms with Crippen LogP contribution >= 0.6 is 0 Å². The summed E-state index contributed by atoms with van der Waals surface area (Å²) in [7, 11) is -2.39. The van der Waals surface area contributed by atoms with Crippen molar-refractivity contribution in [1.82, 2.24) is 24.3 Å². The average Bonchev–Trinajstić information content (AvgIpc) is 3.28. The highest BCUT2D eigenvalue weighted by atomic mass is 32.2. The molecule has 0 bridgehead atoms. The van der Waals surface area contributed by atoms with Crippen LogP contribution in [0.25, 0.3) is 11.3 Å². The van der Waals surface area contributed by atoms with Gasteiger partial charge in [-0.1, -0.05) is 13.8 Å². The summed E-state index contributed by atoms with van der Waals surface area (Å²) in [5, 5.41) is 8.69. The van der Waals surface area contributed by atoms with Crippen molar-refractivity contribution in [2.75, 3.05) is 70.9 Å². The van der Waals surface area contributed by atoms with Crippen molar-refractivity contribution in [3.63, 3.8) is 0 Å². The molecule has 0 atom stereocenters. The lowest BCUT2D eigenvalue weighted by Crippen LogP contribution is -2.46. The van der Waals surface area contributed by atoms with Crippen LogP contribution in [-0.2, 0) is 14.8 Å². The maximum atomic E-state index is 13.6. The summed E-state index contributed by atoms with van der Waals surface area (Å²) in [5.41, 5.74) is 1.42. The molecule has 0 N–H and O–H groups in total. The highest BCUT2D eigenvalue weighted by Gasteiger charge is 2.30. The maximum absolute atomic E-state index is 13.6. The first-order chi connectivity index (χ1) is 20.2. The number of hydrogen-bond acceptors (Lipinski definition) is 8. The van der Waals surface area contributed by atoms with Crippen molar-refractivity contribution >= 4 is 21.7 Å². The summed E-state index contributed by atoms with van der Waals surface area (Å²) in [4.78, 5) is 19.6. The van der Waals surface area contributed by atoms with Crippen LogP contribution in [0.15, 0.2) is 65.6 Å². The minimum absolute atomic E-state index is 0.125. The van der Waals surface area contributed by atoms with E-state index in [9.17, 15) is 17.6 Å². The Bertz CT molecular complexity index is 1400. The molecular formula is C30H39FN6O4S. The van der Waals surface area contributed by atoms with Gasteiger partial charge in [0.15, 0.2) is 5.82 Å². The summed E-state index contributed by atoms with van der Waals surface area (Å²) in [6.45, 7) is 8.31. The Hall–Kier alpha value is -3.61. The molecule has 1 amide bonds. The fourth-order valence-corrected chi connectivity index (χ4v) is 6.27. The van der Waals surface area contributed by atoms with Crippen LogP contribution in [0.4, 0.5) is 10.2 Å². The highest BCUT2D eigenvalue weighted by Crippen LogP contribution is 2.22. The van der Waals surface area contributed by atoms with Crippen molar-refractivity contribution in [2.45, 2.75) is 25.2 Å². The number of carbonyl (C=O) groups excluding carboxylic acids is 1.